The Morgan fingerprint density at radius 2 is 1.95 bits per heavy atom. The minimum atomic E-state index is 0.682. The summed E-state index contributed by atoms with van der Waals surface area (Å²) in [5.41, 5.74) is 1.03. The van der Waals surface area contributed by atoms with E-state index in [1.165, 1.54) is 0 Å². The second kappa shape index (κ2) is 7.74. The van der Waals surface area contributed by atoms with Gasteiger partial charge in [-0.1, -0.05) is 13.0 Å². The molecule has 0 atom stereocenters. The Hall–Kier alpha value is -1.94. The van der Waals surface area contributed by atoms with Crippen molar-refractivity contribution in [1.29, 1.82) is 0 Å². The van der Waals surface area contributed by atoms with Gasteiger partial charge in [-0.2, -0.15) is 0 Å². The molecule has 0 aliphatic carbocycles. The van der Waals surface area contributed by atoms with Gasteiger partial charge in [-0.3, -0.25) is 0 Å². The first kappa shape index (κ1) is 15.4. The molecule has 4 nitrogen and oxygen atoms in total. The van der Waals surface area contributed by atoms with Crippen LogP contribution in [0.25, 0.3) is 0 Å². The third-order valence-corrected chi connectivity index (χ3v) is 3.17. The Bertz CT molecular complexity index is 549. The van der Waals surface area contributed by atoms with Crippen molar-refractivity contribution in [3.63, 3.8) is 0 Å². The van der Waals surface area contributed by atoms with Gasteiger partial charge < -0.3 is 19.4 Å². The predicted octanol–water partition coefficient (Wildman–Crippen LogP) is 3.39. The largest absolute Gasteiger partial charge is 0.492 e. The van der Waals surface area contributed by atoms with E-state index in [0.29, 0.717) is 13.2 Å². The number of anilines is 1. The molecular formula is C17H24N2O2. The molecule has 0 saturated heterocycles. The molecule has 0 aliphatic rings. The zero-order chi connectivity index (χ0) is 15.1. The van der Waals surface area contributed by atoms with Crippen molar-refractivity contribution in [2.45, 2.75) is 19.9 Å². The first-order chi connectivity index (χ1) is 10.2. The molecule has 0 bridgehead atoms. The van der Waals surface area contributed by atoms with Crippen molar-refractivity contribution in [2.75, 3.05) is 32.6 Å². The summed E-state index contributed by atoms with van der Waals surface area (Å²) < 4.78 is 11.4. The molecule has 0 amide bonds. The Kier molecular flexibility index (Phi) is 5.69. The molecule has 0 saturated carbocycles. The number of hydrogen-bond donors (Lipinski definition) is 1. The van der Waals surface area contributed by atoms with E-state index in [1.54, 1.807) is 0 Å². The number of hydrogen-bond acceptors (Lipinski definition) is 4. The van der Waals surface area contributed by atoms with E-state index >= 15 is 0 Å². The molecule has 1 N–H and O–H groups in total. The van der Waals surface area contributed by atoms with E-state index in [-0.39, 0.29) is 0 Å². The molecule has 0 spiro atoms. The smallest absolute Gasteiger partial charge is 0.123 e. The Labute approximate surface area is 126 Å². The van der Waals surface area contributed by atoms with Gasteiger partial charge in [-0.25, -0.2) is 0 Å². The number of benzene rings is 1. The number of nitrogens with one attached hydrogen (secondary N) is 1. The fraction of sp³-hybridized carbons (Fsp3) is 0.412. The van der Waals surface area contributed by atoms with Crippen molar-refractivity contribution in [3.8, 4) is 5.75 Å². The highest BCUT2D eigenvalue weighted by Crippen LogP contribution is 2.18. The van der Waals surface area contributed by atoms with Crippen molar-refractivity contribution in [1.82, 2.24) is 4.90 Å². The fourth-order valence-electron chi connectivity index (χ4n) is 1.94. The topological polar surface area (TPSA) is 37.6 Å². The van der Waals surface area contributed by atoms with Gasteiger partial charge in [0, 0.05) is 24.7 Å². The molecule has 2 rings (SSSR count). The number of aryl methyl sites for hydroxylation is 1. The van der Waals surface area contributed by atoms with Crippen LogP contribution in [0.5, 0.6) is 5.75 Å². The van der Waals surface area contributed by atoms with Crippen LogP contribution in [0.4, 0.5) is 5.69 Å². The van der Waals surface area contributed by atoms with Crippen LogP contribution in [-0.2, 0) is 13.0 Å². The predicted molar refractivity (Wildman–Crippen MR) is 85.9 cm³/mol. The van der Waals surface area contributed by atoms with E-state index in [9.17, 15) is 0 Å². The first-order valence-corrected chi connectivity index (χ1v) is 7.36. The SMILES string of the molecule is CCc1ccc(CNc2cccc(OCCN(C)C)c2)o1. The minimum absolute atomic E-state index is 0.682. The van der Waals surface area contributed by atoms with E-state index in [1.807, 2.05) is 50.5 Å². The van der Waals surface area contributed by atoms with Crippen LogP contribution in [0.2, 0.25) is 0 Å². The van der Waals surface area contributed by atoms with E-state index in [4.69, 9.17) is 9.15 Å². The summed E-state index contributed by atoms with van der Waals surface area (Å²) >= 11 is 0. The van der Waals surface area contributed by atoms with Gasteiger partial charge in [0.2, 0.25) is 0 Å². The second-order valence-corrected chi connectivity index (χ2v) is 5.25. The van der Waals surface area contributed by atoms with Crippen molar-refractivity contribution in [2.24, 2.45) is 0 Å². The molecule has 0 unspecified atom stereocenters. The van der Waals surface area contributed by atoms with Crippen molar-refractivity contribution < 1.29 is 9.15 Å². The average molecular weight is 288 g/mol. The lowest BCUT2D eigenvalue weighted by Crippen LogP contribution is -2.19. The maximum absolute atomic E-state index is 5.73. The highest BCUT2D eigenvalue weighted by atomic mass is 16.5. The summed E-state index contributed by atoms with van der Waals surface area (Å²) in [6, 6.07) is 12.1. The van der Waals surface area contributed by atoms with Gasteiger partial charge in [0.1, 0.15) is 23.9 Å². The van der Waals surface area contributed by atoms with Crippen LogP contribution in [0.1, 0.15) is 18.4 Å². The van der Waals surface area contributed by atoms with Gasteiger partial charge in [0.25, 0.3) is 0 Å². The lowest BCUT2D eigenvalue weighted by Gasteiger charge is -2.12. The molecular weight excluding hydrogens is 264 g/mol. The van der Waals surface area contributed by atoms with Gasteiger partial charge in [-0.15, -0.1) is 0 Å². The molecule has 0 fully saturated rings. The minimum Gasteiger partial charge on any atom is -0.492 e. The zero-order valence-electron chi connectivity index (χ0n) is 13.1. The molecule has 1 aromatic carbocycles. The average Bonchev–Trinajstić information content (AvgIpc) is 2.93. The van der Waals surface area contributed by atoms with E-state index in [2.05, 4.69) is 17.1 Å². The summed E-state index contributed by atoms with van der Waals surface area (Å²) in [5, 5.41) is 3.35. The fourth-order valence-corrected chi connectivity index (χ4v) is 1.94. The number of likely N-dealkylation sites (N-methyl/N-ethyl adjacent to an activating group) is 1. The molecule has 2 aromatic rings. The Morgan fingerprint density at radius 1 is 1.14 bits per heavy atom. The van der Waals surface area contributed by atoms with Crippen LogP contribution in [0.15, 0.2) is 40.8 Å². The van der Waals surface area contributed by atoms with Crippen LogP contribution < -0.4 is 10.1 Å². The molecule has 1 aromatic heterocycles. The van der Waals surface area contributed by atoms with Crippen LogP contribution >= 0.6 is 0 Å². The third kappa shape index (κ3) is 5.16. The molecule has 4 heteroatoms. The lowest BCUT2D eigenvalue weighted by molar-refractivity contribution is 0.261. The van der Waals surface area contributed by atoms with Gasteiger partial charge in [0.05, 0.1) is 6.54 Å². The maximum atomic E-state index is 5.73. The molecule has 1 heterocycles. The molecule has 21 heavy (non-hydrogen) atoms. The van der Waals surface area contributed by atoms with Gasteiger partial charge in [0.15, 0.2) is 0 Å². The first-order valence-electron chi connectivity index (χ1n) is 7.36. The Balaban J connectivity index is 1.85. The van der Waals surface area contributed by atoms with E-state index < -0.39 is 0 Å². The Morgan fingerprint density at radius 3 is 2.67 bits per heavy atom. The second-order valence-electron chi connectivity index (χ2n) is 5.25. The standard InChI is InChI=1S/C17H24N2O2/c1-4-15-8-9-17(21-15)13-18-14-6-5-7-16(12-14)20-11-10-19(2)3/h5-9,12,18H,4,10-11,13H2,1-3H3. The quantitative estimate of drug-likeness (QED) is 0.808. The van der Waals surface area contributed by atoms with Crippen LogP contribution in [0, 0.1) is 0 Å². The normalized spacial score (nSPS) is 10.9. The van der Waals surface area contributed by atoms with Gasteiger partial charge in [-0.05, 0) is 38.4 Å². The summed E-state index contributed by atoms with van der Waals surface area (Å²) in [6.07, 6.45) is 0.926. The monoisotopic (exact) mass is 288 g/mol. The van der Waals surface area contributed by atoms with Gasteiger partial charge >= 0.3 is 0 Å². The summed E-state index contributed by atoms with van der Waals surface area (Å²) in [4.78, 5) is 2.10. The summed E-state index contributed by atoms with van der Waals surface area (Å²) in [6.45, 7) is 4.37. The maximum Gasteiger partial charge on any atom is 0.123 e. The third-order valence-electron chi connectivity index (χ3n) is 3.17. The summed E-state index contributed by atoms with van der Waals surface area (Å²) in [7, 11) is 4.07. The van der Waals surface area contributed by atoms with Crippen LogP contribution in [-0.4, -0.2) is 32.1 Å². The van der Waals surface area contributed by atoms with Crippen LogP contribution in [0.3, 0.4) is 0 Å². The molecule has 0 aliphatic heterocycles. The number of furan rings is 1. The zero-order valence-corrected chi connectivity index (χ0v) is 13.1. The molecule has 114 valence electrons. The number of nitrogens with zero attached hydrogens (tertiary/aromatic N) is 1. The van der Waals surface area contributed by atoms with E-state index in [0.717, 1.165) is 35.9 Å². The summed E-state index contributed by atoms with van der Waals surface area (Å²) in [5.74, 6) is 2.86. The molecule has 0 radical (unpaired) electrons. The lowest BCUT2D eigenvalue weighted by atomic mass is 10.3. The number of rotatable bonds is 8. The number of ether oxygens (including phenoxy) is 1. The highest BCUT2D eigenvalue weighted by Gasteiger charge is 2.01. The van der Waals surface area contributed by atoms with Crippen molar-refractivity contribution >= 4 is 5.69 Å². The highest BCUT2D eigenvalue weighted by molar-refractivity contribution is 5.48. The van der Waals surface area contributed by atoms with Crippen molar-refractivity contribution in [3.05, 3.63) is 47.9 Å².